The lowest BCUT2D eigenvalue weighted by Gasteiger charge is -2.11. The van der Waals surface area contributed by atoms with Crippen LogP contribution in [0.5, 0.6) is 0 Å². The van der Waals surface area contributed by atoms with Crippen molar-refractivity contribution in [3.63, 3.8) is 0 Å². The number of rotatable bonds is 2. The average molecular weight is 152 g/mol. The van der Waals surface area contributed by atoms with E-state index in [4.69, 9.17) is 11.6 Å². The molecule has 0 aliphatic rings. The first-order valence-corrected chi connectivity index (χ1v) is 2.47. The van der Waals surface area contributed by atoms with E-state index in [1.165, 1.54) is 6.92 Å². The minimum absolute atomic E-state index is 0.882. The van der Waals surface area contributed by atoms with Crippen LogP contribution in [0.4, 0.5) is 4.79 Å². The maximum absolute atomic E-state index is 10.0. The van der Waals surface area contributed by atoms with E-state index in [9.17, 15) is 9.70 Å². The van der Waals surface area contributed by atoms with Crippen LogP contribution < -0.4 is 11.1 Å². The van der Waals surface area contributed by atoms with Gasteiger partial charge in [0.1, 0.15) is 0 Å². The Labute approximate surface area is 56.5 Å². The van der Waals surface area contributed by atoms with Gasteiger partial charge >= 0.3 is 6.03 Å². The molecule has 1 unspecified atom stereocenters. The van der Waals surface area contributed by atoms with E-state index in [0.717, 1.165) is 0 Å². The quantitative estimate of drug-likeness (QED) is 0.339. The number of urea groups is 1. The third kappa shape index (κ3) is 3.72. The van der Waals surface area contributed by atoms with Gasteiger partial charge in [0, 0.05) is 0 Å². The van der Waals surface area contributed by atoms with E-state index in [-0.39, 0.29) is 0 Å². The molecular formula is C3H6ClN3O2. The minimum atomic E-state index is -1.62. The Balaban J connectivity index is 3.86. The van der Waals surface area contributed by atoms with E-state index in [2.05, 4.69) is 10.9 Å². The summed E-state index contributed by atoms with van der Waals surface area (Å²) in [6, 6.07) is -0.882. The first kappa shape index (κ1) is 8.16. The van der Waals surface area contributed by atoms with Gasteiger partial charge < -0.3 is 5.73 Å². The highest BCUT2D eigenvalue weighted by Crippen LogP contribution is 2.09. The normalized spacial score (nSPS) is 15.8. The summed E-state index contributed by atoms with van der Waals surface area (Å²) in [5, 5.41) is 2.64. The molecule has 2 amide bonds. The largest absolute Gasteiger partial charge is 0.352 e. The van der Waals surface area contributed by atoms with Crippen LogP contribution in [0.15, 0.2) is 5.18 Å². The first-order chi connectivity index (χ1) is 3.98. The highest BCUT2D eigenvalue weighted by atomic mass is 35.5. The molecule has 0 aromatic heterocycles. The van der Waals surface area contributed by atoms with Gasteiger partial charge in [0.15, 0.2) is 0 Å². The van der Waals surface area contributed by atoms with E-state index in [1.54, 1.807) is 0 Å². The summed E-state index contributed by atoms with van der Waals surface area (Å²) in [6.45, 7) is 1.21. The van der Waals surface area contributed by atoms with Crippen LogP contribution in [0, 0.1) is 4.91 Å². The molecule has 0 aromatic rings. The van der Waals surface area contributed by atoms with Gasteiger partial charge in [0.2, 0.25) is 5.12 Å². The Kier molecular flexibility index (Phi) is 2.39. The van der Waals surface area contributed by atoms with Crippen LogP contribution in [-0.2, 0) is 0 Å². The highest BCUT2D eigenvalue weighted by Gasteiger charge is 2.21. The number of nitroso groups, excluding NO2 is 1. The second kappa shape index (κ2) is 2.63. The Hall–Kier alpha value is -0.840. The number of nitrogens with one attached hydrogen (secondary N) is 1. The second-order valence-corrected chi connectivity index (χ2v) is 2.27. The summed E-state index contributed by atoms with van der Waals surface area (Å²) >= 11 is 5.22. The maximum Gasteiger partial charge on any atom is 0.315 e. The Morgan fingerprint density at radius 3 is 2.44 bits per heavy atom. The van der Waals surface area contributed by atoms with Crippen molar-refractivity contribution < 1.29 is 4.79 Å². The molecule has 0 saturated heterocycles. The number of carbonyl (C=O) groups is 1. The number of hydrogen-bond donors (Lipinski definition) is 2. The van der Waals surface area contributed by atoms with Crippen LogP contribution in [0.2, 0.25) is 0 Å². The summed E-state index contributed by atoms with van der Waals surface area (Å²) in [4.78, 5) is 19.7. The fourth-order valence-electron chi connectivity index (χ4n) is 0.248. The van der Waals surface area contributed by atoms with Crippen LogP contribution in [0.25, 0.3) is 0 Å². The summed E-state index contributed by atoms with van der Waals surface area (Å²) in [6.07, 6.45) is 0. The lowest BCUT2D eigenvalue weighted by molar-refractivity contribution is 0.244. The molecule has 0 aliphatic heterocycles. The molecule has 0 radical (unpaired) electrons. The first-order valence-electron chi connectivity index (χ1n) is 2.09. The van der Waals surface area contributed by atoms with Gasteiger partial charge in [-0.15, -0.1) is 4.91 Å². The lowest BCUT2D eigenvalue weighted by Crippen LogP contribution is -2.42. The smallest absolute Gasteiger partial charge is 0.315 e. The average Bonchev–Trinajstić information content (AvgIpc) is 1.63. The minimum Gasteiger partial charge on any atom is -0.352 e. The number of hydrogen-bond acceptors (Lipinski definition) is 3. The standard InChI is InChI=1S/C3H6ClN3O2/c1-3(4,7-9)6-2(5)8/h1H3,(H3,5,6,8). The molecule has 5 nitrogen and oxygen atoms in total. The third-order valence-electron chi connectivity index (χ3n) is 0.523. The van der Waals surface area contributed by atoms with Crippen LogP contribution in [0.1, 0.15) is 6.92 Å². The summed E-state index contributed by atoms with van der Waals surface area (Å²) in [5.74, 6) is 0. The van der Waals surface area contributed by atoms with Crippen molar-refractivity contribution in [2.24, 2.45) is 10.9 Å². The fourth-order valence-corrected chi connectivity index (χ4v) is 0.341. The molecule has 0 aliphatic carbocycles. The summed E-state index contributed by atoms with van der Waals surface area (Å²) in [5.41, 5.74) is 4.62. The molecule has 52 valence electrons. The molecule has 0 saturated carbocycles. The second-order valence-electron chi connectivity index (χ2n) is 1.53. The number of halogens is 1. The van der Waals surface area contributed by atoms with Crippen molar-refractivity contribution in [3.8, 4) is 0 Å². The van der Waals surface area contributed by atoms with Crippen molar-refractivity contribution in [1.29, 1.82) is 0 Å². The van der Waals surface area contributed by atoms with Crippen molar-refractivity contribution in [2.75, 3.05) is 0 Å². The van der Waals surface area contributed by atoms with Crippen LogP contribution >= 0.6 is 11.6 Å². The predicted octanol–water partition coefficient (Wildman–Crippen LogP) is 0.334. The summed E-state index contributed by atoms with van der Waals surface area (Å²) in [7, 11) is 0. The molecule has 6 heteroatoms. The zero-order chi connectivity index (χ0) is 7.49. The van der Waals surface area contributed by atoms with Crippen LogP contribution in [0.3, 0.4) is 0 Å². The van der Waals surface area contributed by atoms with Crippen molar-refractivity contribution in [3.05, 3.63) is 4.91 Å². The van der Waals surface area contributed by atoms with Crippen molar-refractivity contribution >= 4 is 17.6 Å². The molecule has 9 heavy (non-hydrogen) atoms. The molecular weight excluding hydrogens is 146 g/mol. The molecule has 3 N–H and O–H groups in total. The van der Waals surface area contributed by atoms with Gasteiger partial charge in [-0.25, -0.2) is 4.79 Å². The Bertz CT molecular complexity index is 135. The third-order valence-corrected chi connectivity index (χ3v) is 0.686. The molecule has 0 rings (SSSR count). The molecule has 0 heterocycles. The number of nitrogens with zero attached hydrogens (tertiary/aromatic N) is 1. The highest BCUT2D eigenvalue weighted by molar-refractivity contribution is 6.24. The van der Waals surface area contributed by atoms with Gasteiger partial charge in [-0.1, -0.05) is 11.6 Å². The van der Waals surface area contributed by atoms with Gasteiger partial charge in [0.05, 0.1) is 0 Å². The number of carbonyl (C=O) groups excluding carboxylic acids is 1. The zero-order valence-corrected chi connectivity index (χ0v) is 5.47. The van der Waals surface area contributed by atoms with Crippen molar-refractivity contribution in [2.45, 2.75) is 12.0 Å². The predicted molar refractivity (Wildman–Crippen MR) is 32.8 cm³/mol. The number of primary amides is 1. The van der Waals surface area contributed by atoms with Gasteiger partial charge in [0.25, 0.3) is 0 Å². The zero-order valence-electron chi connectivity index (χ0n) is 4.72. The van der Waals surface area contributed by atoms with Gasteiger partial charge in [-0.3, -0.25) is 5.32 Å². The SMILES string of the molecule is CC(Cl)(N=O)NC(N)=O. The lowest BCUT2D eigenvalue weighted by atomic mass is 10.6. The number of alkyl halides is 1. The molecule has 1 atom stereocenters. The number of amides is 2. The Morgan fingerprint density at radius 2 is 2.33 bits per heavy atom. The molecule has 0 spiro atoms. The maximum atomic E-state index is 10.0. The summed E-state index contributed by atoms with van der Waals surface area (Å²) < 4.78 is 0. The van der Waals surface area contributed by atoms with E-state index >= 15 is 0 Å². The topological polar surface area (TPSA) is 84.6 Å². The van der Waals surface area contributed by atoms with Gasteiger partial charge in [-0.2, -0.15) is 0 Å². The monoisotopic (exact) mass is 151 g/mol. The fraction of sp³-hybridized carbons (Fsp3) is 0.667. The van der Waals surface area contributed by atoms with E-state index in [0.29, 0.717) is 0 Å². The number of nitrogens with two attached hydrogens (primary N) is 1. The molecule has 0 aromatic carbocycles. The van der Waals surface area contributed by atoms with E-state index < -0.39 is 11.2 Å². The molecule has 0 bridgehead atoms. The van der Waals surface area contributed by atoms with Gasteiger partial charge in [-0.05, 0) is 12.1 Å². The Morgan fingerprint density at radius 1 is 1.89 bits per heavy atom. The molecule has 0 fully saturated rings. The van der Waals surface area contributed by atoms with Crippen molar-refractivity contribution in [1.82, 2.24) is 5.32 Å². The van der Waals surface area contributed by atoms with Crippen LogP contribution in [-0.4, -0.2) is 11.2 Å². The van der Waals surface area contributed by atoms with E-state index in [1.807, 2.05) is 5.32 Å².